The van der Waals surface area contributed by atoms with Gasteiger partial charge in [0, 0.05) is 18.7 Å². The van der Waals surface area contributed by atoms with E-state index in [0.717, 1.165) is 0 Å². The van der Waals surface area contributed by atoms with Crippen molar-refractivity contribution in [1.82, 2.24) is 5.16 Å². The molecule has 0 aliphatic carbocycles. The first-order valence-corrected chi connectivity index (χ1v) is 4.46. The zero-order valence-corrected chi connectivity index (χ0v) is 9.09. The lowest BCUT2D eigenvalue weighted by Gasteiger charge is -2.01. The quantitative estimate of drug-likeness (QED) is 0.764. The van der Waals surface area contributed by atoms with Crippen molar-refractivity contribution in [3.8, 4) is 0 Å². The van der Waals surface area contributed by atoms with E-state index in [2.05, 4.69) is 10.1 Å². The van der Waals surface area contributed by atoms with Gasteiger partial charge < -0.3 is 10.3 Å². The second-order valence-corrected chi connectivity index (χ2v) is 3.23. The molecule has 0 spiro atoms. The number of aliphatic imine (C=N–C) groups is 1. The lowest BCUT2D eigenvalue weighted by atomic mass is 10.2. The fourth-order valence-corrected chi connectivity index (χ4v) is 1.07. The van der Waals surface area contributed by atoms with Crippen molar-refractivity contribution in [1.29, 1.82) is 0 Å². The van der Waals surface area contributed by atoms with E-state index in [4.69, 9.17) is 21.9 Å². The average molecular weight is 214 g/mol. The molecule has 1 aromatic rings. The molecule has 0 atom stereocenters. The summed E-state index contributed by atoms with van der Waals surface area (Å²) in [6.45, 7) is 3.59. The van der Waals surface area contributed by atoms with Crippen LogP contribution in [0.2, 0.25) is 0 Å². The number of aromatic nitrogens is 1. The molecule has 14 heavy (non-hydrogen) atoms. The molecule has 1 rings (SSSR count). The standard InChI is InChI=1S/C9H12ClN3O/c1-5-4-7(13-14-5)8(11)6(2)9(10)12-3/h4H,11H2,1-3H3/b8-6-,12-9?. The minimum atomic E-state index is 0.378. The van der Waals surface area contributed by atoms with Gasteiger partial charge in [-0.15, -0.1) is 0 Å². The summed E-state index contributed by atoms with van der Waals surface area (Å²) >= 11 is 5.82. The molecule has 0 fully saturated rings. The van der Waals surface area contributed by atoms with E-state index in [1.54, 1.807) is 27.0 Å². The van der Waals surface area contributed by atoms with Crippen LogP contribution in [-0.4, -0.2) is 17.4 Å². The smallest absolute Gasteiger partial charge is 0.134 e. The molecule has 2 N–H and O–H groups in total. The van der Waals surface area contributed by atoms with Crippen LogP contribution in [0, 0.1) is 6.92 Å². The Labute approximate surface area is 87.4 Å². The summed E-state index contributed by atoms with van der Waals surface area (Å²) in [6, 6.07) is 1.75. The second-order valence-electron chi connectivity index (χ2n) is 2.88. The van der Waals surface area contributed by atoms with Gasteiger partial charge in [0.15, 0.2) is 0 Å². The highest BCUT2D eigenvalue weighted by Gasteiger charge is 2.09. The number of hydrogen-bond acceptors (Lipinski definition) is 4. The molecule has 4 nitrogen and oxygen atoms in total. The van der Waals surface area contributed by atoms with Crippen LogP contribution in [0.1, 0.15) is 18.4 Å². The maximum Gasteiger partial charge on any atom is 0.134 e. The third-order valence-corrected chi connectivity index (χ3v) is 2.27. The van der Waals surface area contributed by atoms with Crippen molar-refractivity contribution in [2.24, 2.45) is 10.7 Å². The predicted octanol–water partition coefficient (Wildman–Crippen LogP) is 1.94. The van der Waals surface area contributed by atoms with E-state index in [9.17, 15) is 0 Å². The number of nitrogens with two attached hydrogens (primary N) is 1. The minimum Gasteiger partial charge on any atom is -0.397 e. The van der Waals surface area contributed by atoms with Crippen molar-refractivity contribution in [2.45, 2.75) is 13.8 Å². The highest BCUT2D eigenvalue weighted by atomic mass is 35.5. The molecule has 0 aromatic carbocycles. The lowest BCUT2D eigenvalue weighted by Crippen LogP contribution is -2.04. The molecular formula is C9H12ClN3O. The van der Waals surface area contributed by atoms with Crippen LogP contribution < -0.4 is 5.73 Å². The summed E-state index contributed by atoms with van der Waals surface area (Å²) in [6.07, 6.45) is 0. The van der Waals surface area contributed by atoms with Gasteiger partial charge in [-0.3, -0.25) is 4.99 Å². The van der Waals surface area contributed by atoms with E-state index in [1.165, 1.54) is 0 Å². The van der Waals surface area contributed by atoms with E-state index in [0.29, 0.717) is 27.9 Å². The topological polar surface area (TPSA) is 64.4 Å². The fourth-order valence-electron chi connectivity index (χ4n) is 0.964. The van der Waals surface area contributed by atoms with Gasteiger partial charge in [0.25, 0.3) is 0 Å². The molecule has 0 saturated carbocycles. The monoisotopic (exact) mass is 213 g/mol. The Morgan fingerprint density at radius 1 is 1.64 bits per heavy atom. The largest absolute Gasteiger partial charge is 0.397 e. The Morgan fingerprint density at radius 3 is 2.71 bits per heavy atom. The van der Waals surface area contributed by atoms with Crippen molar-refractivity contribution in [3.05, 3.63) is 23.1 Å². The Balaban J connectivity index is 3.10. The van der Waals surface area contributed by atoms with E-state index in [-0.39, 0.29) is 0 Å². The molecule has 0 bridgehead atoms. The highest BCUT2D eigenvalue weighted by Crippen LogP contribution is 2.15. The van der Waals surface area contributed by atoms with E-state index < -0.39 is 0 Å². The van der Waals surface area contributed by atoms with Gasteiger partial charge >= 0.3 is 0 Å². The lowest BCUT2D eigenvalue weighted by molar-refractivity contribution is 0.395. The Morgan fingerprint density at radius 2 is 2.29 bits per heavy atom. The zero-order valence-electron chi connectivity index (χ0n) is 8.34. The van der Waals surface area contributed by atoms with Gasteiger partial charge in [0.05, 0.1) is 5.70 Å². The van der Waals surface area contributed by atoms with Gasteiger partial charge in [-0.1, -0.05) is 16.8 Å². The number of aryl methyl sites for hydroxylation is 1. The molecule has 0 saturated heterocycles. The molecule has 0 amide bonds. The van der Waals surface area contributed by atoms with Crippen molar-refractivity contribution < 1.29 is 4.52 Å². The molecule has 1 aromatic heterocycles. The van der Waals surface area contributed by atoms with Crippen LogP contribution in [0.3, 0.4) is 0 Å². The Hall–Kier alpha value is -1.29. The molecule has 0 unspecified atom stereocenters. The number of rotatable bonds is 2. The van der Waals surface area contributed by atoms with Crippen molar-refractivity contribution in [2.75, 3.05) is 7.05 Å². The third-order valence-electron chi connectivity index (χ3n) is 1.81. The molecular weight excluding hydrogens is 202 g/mol. The van der Waals surface area contributed by atoms with Gasteiger partial charge in [-0.05, 0) is 13.8 Å². The third kappa shape index (κ3) is 2.14. The van der Waals surface area contributed by atoms with Crippen molar-refractivity contribution in [3.63, 3.8) is 0 Å². The van der Waals surface area contributed by atoms with Crippen molar-refractivity contribution >= 4 is 22.5 Å². The van der Waals surface area contributed by atoms with Crippen LogP contribution in [0.15, 0.2) is 21.2 Å². The van der Waals surface area contributed by atoms with Gasteiger partial charge in [-0.2, -0.15) is 0 Å². The van der Waals surface area contributed by atoms with Crippen LogP contribution in [0.5, 0.6) is 0 Å². The van der Waals surface area contributed by atoms with Gasteiger partial charge in [0.2, 0.25) is 0 Å². The summed E-state index contributed by atoms with van der Waals surface area (Å²) in [5, 5.41) is 4.16. The zero-order chi connectivity index (χ0) is 10.7. The molecule has 76 valence electrons. The number of halogens is 1. The first kappa shape index (κ1) is 10.8. The Kier molecular flexibility index (Phi) is 3.30. The number of allylic oxidation sites excluding steroid dienone is 1. The van der Waals surface area contributed by atoms with E-state index in [1.807, 2.05) is 0 Å². The molecule has 0 aliphatic heterocycles. The first-order valence-electron chi connectivity index (χ1n) is 4.09. The Bertz CT molecular complexity index is 393. The second kappa shape index (κ2) is 4.28. The molecule has 0 radical (unpaired) electrons. The van der Waals surface area contributed by atoms with Gasteiger partial charge in [-0.25, -0.2) is 0 Å². The number of nitrogens with zero attached hydrogens (tertiary/aromatic N) is 2. The average Bonchev–Trinajstić information content (AvgIpc) is 2.61. The predicted molar refractivity (Wildman–Crippen MR) is 57.2 cm³/mol. The maximum absolute atomic E-state index is 5.82. The summed E-state index contributed by atoms with van der Waals surface area (Å²) in [4.78, 5) is 3.83. The summed E-state index contributed by atoms with van der Waals surface area (Å²) in [5.41, 5.74) is 7.59. The first-order chi connectivity index (χ1) is 6.56. The molecule has 5 heteroatoms. The number of hydrogen-bond donors (Lipinski definition) is 1. The van der Waals surface area contributed by atoms with Crippen LogP contribution >= 0.6 is 11.6 Å². The fraction of sp³-hybridized carbons (Fsp3) is 0.333. The summed E-state index contributed by atoms with van der Waals surface area (Å²) in [7, 11) is 1.60. The molecule has 1 heterocycles. The summed E-state index contributed by atoms with van der Waals surface area (Å²) < 4.78 is 4.90. The van der Waals surface area contributed by atoms with Crippen LogP contribution in [0.4, 0.5) is 0 Å². The highest BCUT2D eigenvalue weighted by molar-refractivity contribution is 6.70. The normalized spacial score (nSPS) is 14.1. The summed E-state index contributed by atoms with van der Waals surface area (Å²) in [5.74, 6) is 0.709. The van der Waals surface area contributed by atoms with Crippen LogP contribution in [0.25, 0.3) is 5.70 Å². The SMILES string of the molecule is CN=C(Cl)/C(C)=C(\N)c1cc(C)on1. The minimum absolute atomic E-state index is 0.378. The maximum atomic E-state index is 5.82. The molecule has 0 aliphatic rings. The van der Waals surface area contributed by atoms with E-state index >= 15 is 0 Å². The van der Waals surface area contributed by atoms with Gasteiger partial charge in [0.1, 0.15) is 16.6 Å². The van der Waals surface area contributed by atoms with Crippen LogP contribution in [-0.2, 0) is 0 Å².